The number of aryl methyl sites for hydroxylation is 2. The van der Waals surface area contributed by atoms with E-state index in [1.54, 1.807) is 18.2 Å². The quantitative estimate of drug-likeness (QED) is 0.855. The van der Waals surface area contributed by atoms with Gasteiger partial charge < -0.3 is 5.11 Å². The molecule has 100 valence electrons. The van der Waals surface area contributed by atoms with Gasteiger partial charge in [0.2, 0.25) is 0 Å². The molecule has 1 unspecified atom stereocenters. The Kier molecular flexibility index (Phi) is 4.51. The lowest BCUT2D eigenvalue weighted by Crippen LogP contribution is -2.04. The Balaban J connectivity index is 2.25. The Hall–Kier alpha value is -1.02. The highest BCUT2D eigenvalue weighted by atomic mass is 35.5. The maximum absolute atomic E-state index is 10.3. The monoisotopic (exact) mass is 294 g/mol. The average Bonchev–Trinajstić information content (AvgIpc) is 2.33. The van der Waals surface area contributed by atoms with Crippen LogP contribution in [0.4, 0.5) is 0 Å². The molecule has 1 nitrogen and oxygen atoms in total. The Labute approximate surface area is 123 Å². The van der Waals surface area contributed by atoms with Crippen molar-refractivity contribution in [2.45, 2.75) is 26.4 Å². The van der Waals surface area contributed by atoms with Crippen LogP contribution in [0, 0.1) is 13.8 Å². The third-order valence-corrected chi connectivity index (χ3v) is 3.80. The van der Waals surface area contributed by atoms with Gasteiger partial charge in [-0.05, 0) is 42.7 Å². The predicted octanol–water partition coefficient (Wildman–Crippen LogP) is 4.89. The zero-order valence-corrected chi connectivity index (χ0v) is 12.5. The number of hydrogen-bond acceptors (Lipinski definition) is 1. The molecule has 0 radical (unpaired) electrons. The molecule has 2 aromatic rings. The van der Waals surface area contributed by atoms with Gasteiger partial charge in [0.1, 0.15) is 0 Å². The SMILES string of the molecule is Cc1ccc(C)c(CC(O)c2ccc(Cl)cc2Cl)c1. The third kappa shape index (κ3) is 3.50. The fraction of sp³-hybridized carbons (Fsp3) is 0.250. The third-order valence-electron chi connectivity index (χ3n) is 3.24. The predicted molar refractivity (Wildman–Crippen MR) is 81.0 cm³/mol. The first-order valence-corrected chi connectivity index (χ1v) is 6.92. The minimum Gasteiger partial charge on any atom is -0.388 e. The van der Waals surface area contributed by atoms with E-state index in [1.807, 2.05) is 13.8 Å². The molecule has 0 aliphatic rings. The summed E-state index contributed by atoms with van der Waals surface area (Å²) in [5.41, 5.74) is 4.22. The van der Waals surface area contributed by atoms with Gasteiger partial charge in [-0.15, -0.1) is 0 Å². The molecule has 0 saturated carbocycles. The molecule has 0 amide bonds. The van der Waals surface area contributed by atoms with E-state index in [4.69, 9.17) is 23.2 Å². The number of rotatable bonds is 3. The highest BCUT2D eigenvalue weighted by molar-refractivity contribution is 6.35. The van der Waals surface area contributed by atoms with Gasteiger partial charge in [0.25, 0.3) is 0 Å². The molecule has 0 aromatic heterocycles. The summed E-state index contributed by atoms with van der Waals surface area (Å²) in [6, 6.07) is 11.4. The van der Waals surface area contributed by atoms with Crippen LogP contribution in [0.5, 0.6) is 0 Å². The molecule has 2 rings (SSSR count). The van der Waals surface area contributed by atoms with Gasteiger partial charge in [0, 0.05) is 16.5 Å². The maximum atomic E-state index is 10.3. The van der Waals surface area contributed by atoms with Gasteiger partial charge in [-0.25, -0.2) is 0 Å². The van der Waals surface area contributed by atoms with Crippen molar-refractivity contribution in [1.29, 1.82) is 0 Å². The smallest absolute Gasteiger partial charge is 0.0844 e. The summed E-state index contributed by atoms with van der Waals surface area (Å²) < 4.78 is 0. The van der Waals surface area contributed by atoms with E-state index in [-0.39, 0.29) is 0 Å². The number of aliphatic hydroxyl groups is 1. The minimum absolute atomic E-state index is 0.505. The molecular formula is C16H16Cl2O. The molecule has 3 heteroatoms. The van der Waals surface area contributed by atoms with E-state index in [0.717, 1.165) is 5.56 Å². The number of aliphatic hydroxyl groups excluding tert-OH is 1. The second-order valence-corrected chi connectivity index (χ2v) is 5.66. The normalized spacial score (nSPS) is 12.5. The summed E-state index contributed by atoms with van der Waals surface area (Å²) in [5, 5.41) is 11.4. The first kappa shape index (κ1) is 14.4. The van der Waals surface area contributed by atoms with E-state index in [1.165, 1.54) is 11.1 Å². The average molecular weight is 295 g/mol. The van der Waals surface area contributed by atoms with Crippen LogP contribution < -0.4 is 0 Å². The summed E-state index contributed by atoms with van der Waals surface area (Å²) >= 11 is 12.0. The molecule has 0 saturated heterocycles. The molecule has 0 bridgehead atoms. The van der Waals surface area contributed by atoms with E-state index >= 15 is 0 Å². The first-order chi connectivity index (χ1) is 8.97. The Bertz CT molecular complexity index is 593. The molecule has 2 aromatic carbocycles. The van der Waals surface area contributed by atoms with Crippen LogP contribution in [0.1, 0.15) is 28.4 Å². The zero-order chi connectivity index (χ0) is 14.0. The molecule has 19 heavy (non-hydrogen) atoms. The largest absolute Gasteiger partial charge is 0.388 e. The van der Waals surface area contributed by atoms with Gasteiger partial charge >= 0.3 is 0 Å². The van der Waals surface area contributed by atoms with Crippen LogP contribution >= 0.6 is 23.2 Å². The summed E-state index contributed by atoms with van der Waals surface area (Å²) in [7, 11) is 0. The van der Waals surface area contributed by atoms with Crippen molar-refractivity contribution in [2.24, 2.45) is 0 Å². The highest BCUT2D eigenvalue weighted by Crippen LogP contribution is 2.29. The molecule has 0 fully saturated rings. The maximum Gasteiger partial charge on any atom is 0.0844 e. The van der Waals surface area contributed by atoms with Crippen molar-refractivity contribution in [2.75, 3.05) is 0 Å². The standard InChI is InChI=1S/C16H16Cl2O/c1-10-3-4-11(2)12(7-10)8-16(19)14-6-5-13(17)9-15(14)18/h3-7,9,16,19H,8H2,1-2H3. The molecule has 0 aliphatic heterocycles. The fourth-order valence-corrected chi connectivity index (χ4v) is 2.64. The van der Waals surface area contributed by atoms with Gasteiger partial charge in [-0.3, -0.25) is 0 Å². The minimum atomic E-state index is -0.620. The van der Waals surface area contributed by atoms with E-state index in [9.17, 15) is 5.11 Å². The Morgan fingerprint density at radius 2 is 1.79 bits per heavy atom. The second-order valence-electron chi connectivity index (χ2n) is 4.82. The lowest BCUT2D eigenvalue weighted by atomic mass is 9.97. The second kappa shape index (κ2) is 5.96. The molecule has 0 aliphatic carbocycles. The Morgan fingerprint density at radius 3 is 2.47 bits per heavy atom. The van der Waals surface area contributed by atoms with Crippen LogP contribution in [0.15, 0.2) is 36.4 Å². The van der Waals surface area contributed by atoms with E-state index in [2.05, 4.69) is 18.2 Å². The van der Waals surface area contributed by atoms with Crippen molar-refractivity contribution in [3.8, 4) is 0 Å². The van der Waals surface area contributed by atoms with E-state index < -0.39 is 6.10 Å². The van der Waals surface area contributed by atoms with Crippen molar-refractivity contribution < 1.29 is 5.11 Å². The number of halogens is 2. The van der Waals surface area contributed by atoms with E-state index in [0.29, 0.717) is 22.0 Å². The molecular weight excluding hydrogens is 279 g/mol. The summed E-state index contributed by atoms with van der Waals surface area (Å²) in [6.45, 7) is 4.09. The lowest BCUT2D eigenvalue weighted by Gasteiger charge is -2.15. The van der Waals surface area contributed by atoms with Gasteiger partial charge in [0.15, 0.2) is 0 Å². The van der Waals surface area contributed by atoms with Gasteiger partial charge in [-0.2, -0.15) is 0 Å². The van der Waals surface area contributed by atoms with Gasteiger partial charge in [-0.1, -0.05) is 53.0 Å². The highest BCUT2D eigenvalue weighted by Gasteiger charge is 2.14. The number of benzene rings is 2. The molecule has 1 atom stereocenters. The molecule has 0 heterocycles. The van der Waals surface area contributed by atoms with Crippen LogP contribution in [0.3, 0.4) is 0 Å². The van der Waals surface area contributed by atoms with Crippen LogP contribution in [-0.2, 0) is 6.42 Å². The first-order valence-electron chi connectivity index (χ1n) is 6.16. The van der Waals surface area contributed by atoms with Crippen molar-refractivity contribution in [3.05, 3.63) is 68.7 Å². The van der Waals surface area contributed by atoms with Crippen LogP contribution in [-0.4, -0.2) is 5.11 Å². The summed E-state index contributed by atoms with van der Waals surface area (Å²) in [5.74, 6) is 0. The van der Waals surface area contributed by atoms with Crippen molar-refractivity contribution >= 4 is 23.2 Å². The topological polar surface area (TPSA) is 20.2 Å². The number of hydrogen-bond donors (Lipinski definition) is 1. The van der Waals surface area contributed by atoms with Crippen molar-refractivity contribution in [1.82, 2.24) is 0 Å². The Morgan fingerprint density at radius 1 is 1.05 bits per heavy atom. The molecule has 0 spiro atoms. The molecule has 1 N–H and O–H groups in total. The summed E-state index contributed by atoms with van der Waals surface area (Å²) in [6.07, 6.45) is -0.0697. The lowest BCUT2D eigenvalue weighted by molar-refractivity contribution is 0.178. The van der Waals surface area contributed by atoms with Crippen LogP contribution in [0.2, 0.25) is 10.0 Å². The zero-order valence-electron chi connectivity index (χ0n) is 11.0. The van der Waals surface area contributed by atoms with Gasteiger partial charge in [0.05, 0.1) is 6.10 Å². The summed E-state index contributed by atoms with van der Waals surface area (Å²) in [4.78, 5) is 0. The van der Waals surface area contributed by atoms with Crippen molar-refractivity contribution in [3.63, 3.8) is 0 Å². The van der Waals surface area contributed by atoms with Crippen LogP contribution in [0.25, 0.3) is 0 Å². The fourth-order valence-electron chi connectivity index (χ4n) is 2.11.